The zero-order valence-electron chi connectivity index (χ0n) is 9.62. The molecule has 2 rings (SSSR count). The van der Waals surface area contributed by atoms with Crippen LogP contribution in [0.1, 0.15) is 6.92 Å². The maximum absolute atomic E-state index is 13.1. The van der Waals surface area contributed by atoms with Gasteiger partial charge in [0.1, 0.15) is 11.6 Å². The molecule has 0 saturated carbocycles. The van der Waals surface area contributed by atoms with Crippen LogP contribution < -0.4 is 4.90 Å². The first-order valence-electron chi connectivity index (χ1n) is 5.53. The number of rotatable bonds is 1. The molecule has 0 aromatic heterocycles. The van der Waals surface area contributed by atoms with Crippen LogP contribution in [-0.4, -0.2) is 37.0 Å². The minimum absolute atomic E-state index is 0.0371. The first-order valence-corrected chi connectivity index (χ1v) is 5.53. The summed E-state index contributed by atoms with van der Waals surface area (Å²) < 4.78 is 26.1. The van der Waals surface area contributed by atoms with E-state index in [1.807, 2.05) is 4.90 Å². The van der Waals surface area contributed by atoms with Gasteiger partial charge < -0.3 is 9.80 Å². The molecule has 1 aromatic carbocycles. The Morgan fingerprint density at radius 3 is 2.06 bits per heavy atom. The molecule has 1 heterocycles. The van der Waals surface area contributed by atoms with Gasteiger partial charge in [0.15, 0.2) is 0 Å². The van der Waals surface area contributed by atoms with Crippen LogP contribution in [0, 0.1) is 11.6 Å². The summed E-state index contributed by atoms with van der Waals surface area (Å²) in [6.45, 7) is 3.91. The summed E-state index contributed by atoms with van der Waals surface area (Å²) in [6.07, 6.45) is 0. The minimum Gasteiger partial charge on any atom is -0.368 e. The van der Waals surface area contributed by atoms with Crippen molar-refractivity contribution in [2.24, 2.45) is 0 Å². The Bertz CT molecular complexity index is 408. The molecule has 0 unspecified atom stereocenters. The van der Waals surface area contributed by atoms with Crippen LogP contribution in [0.2, 0.25) is 0 Å². The predicted octanol–water partition coefficient (Wildman–Crippen LogP) is 1.63. The SMILES string of the molecule is CC(=O)N1CCN(c2cc(F)cc(F)c2)CC1. The molecule has 92 valence electrons. The van der Waals surface area contributed by atoms with Gasteiger partial charge in [0.2, 0.25) is 5.91 Å². The molecule has 3 nitrogen and oxygen atoms in total. The third-order valence-electron chi connectivity index (χ3n) is 2.94. The Hall–Kier alpha value is -1.65. The fourth-order valence-corrected chi connectivity index (χ4v) is 2.00. The standard InChI is InChI=1S/C12H14F2N2O/c1-9(17)15-2-4-16(5-3-15)12-7-10(13)6-11(14)8-12/h6-8H,2-5H2,1H3. The molecule has 0 bridgehead atoms. The number of benzene rings is 1. The molecule has 0 N–H and O–H groups in total. The van der Waals surface area contributed by atoms with Crippen molar-refractivity contribution in [1.29, 1.82) is 0 Å². The number of hydrogen-bond donors (Lipinski definition) is 0. The molecule has 1 aliphatic rings. The highest BCUT2D eigenvalue weighted by Gasteiger charge is 2.19. The number of amides is 1. The zero-order valence-corrected chi connectivity index (χ0v) is 9.62. The van der Waals surface area contributed by atoms with Gasteiger partial charge in [-0.3, -0.25) is 4.79 Å². The number of piperazine rings is 1. The molecule has 1 aliphatic heterocycles. The number of halogens is 2. The quantitative estimate of drug-likeness (QED) is 0.745. The van der Waals surface area contributed by atoms with Crippen molar-refractivity contribution in [3.8, 4) is 0 Å². The second-order valence-electron chi connectivity index (χ2n) is 4.12. The average molecular weight is 240 g/mol. The Labute approximate surface area is 98.6 Å². The molecule has 1 aromatic rings. The lowest BCUT2D eigenvalue weighted by molar-refractivity contribution is -0.129. The van der Waals surface area contributed by atoms with Crippen LogP contribution in [0.4, 0.5) is 14.5 Å². The van der Waals surface area contributed by atoms with Crippen LogP contribution in [0.3, 0.4) is 0 Å². The molecule has 1 fully saturated rings. The van der Waals surface area contributed by atoms with Crippen LogP contribution >= 0.6 is 0 Å². The summed E-state index contributed by atoms with van der Waals surface area (Å²) in [5.74, 6) is -1.11. The lowest BCUT2D eigenvalue weighted by Crippen LogP contribution is -2.48. The van der Waals surface area contributed by atoms with Gasteiger partial charge >= 0.3 is 0 Å². The van der Waals surface area contributed by atoms with Crippen LogP contribution in [0.5, 0.6) is 0 Å². The largest absolute Gasteiger partial charge is 0.368 e. The molecule has 0 aliphatic carbocycles. The first kappa shape index (κ1) is 11.8. The smallest absolute Gasteiger partial charge is 0.219 e. The Balaban J connectivity index is 2.07. The van der Waals surface area contributed by atoms with E-state index in [1.54, 1.807) is 4.90 Å². The summed E-state index contributed by atoms with van der Waals surface area (Å²) in [7, 11) is 0. The van der Waals surface area contributed by atoms with E-state index in [1.165, 1.54) is 19.1 Å². The summed E-state index contributed by atoms with van der Waals surface area (Å²) in [4.78, 5) is 14.7. The Kier molecular flexibility index (Phi) is 3.26. The second kappa shape index (κ2) is 4.69. The molecule has 1 amide bonds. The molecular weight excluding hydrogens is 226 g/mol. The van der Waals surface area contributed by atoms with Crippen molar-refractivity contribution < 1.29 is 13.6 Å². The maximum atomic E-state index is 13.1. The number of carbonyl (C=O) groups excluding carboxylic acids is 1. The number of nitrogens with zero attached hydrogens (tertiary/aromatic N) is 2. The molecule has 17 heavy (non-hydrogen) atoms. The second-order valence-corrected chi connectivity index (χ2v) is 4.12. The highest BCUT2D eigenvalue weighted by Crippen LogP contribution is 2.19. The topological polar surface area (TPSA) is 23.6 Å². The van der Waals surface area contributed by atoms with Gasteiger partial charge in [-0.15, -0.1) is 0 Å². The van der Waals surface area contributed by atoms with Gasteiger partial charge in [-0.25, -0.2) is 8.78 Å². The van der Waals surface area contributed by atoms with Gasteiger partial charge in [0.05, 0.1) is 0 Å². The van der Waals surface area contributed by atoms with Gasteiger partial charge in [-0.1, -0.05) is 0 Å². The molecule has 0 atom stereocenters. The normalized spacial score (nSPS) is 16.2. The molecule has 0 radical (unpaired) electrons. The molecule has 5 heteroatoms. The number of anilines is 1. The van der Waals surface area contributed by atoms with E-state index in [0.29, 0.717) is 31.9 Å². The zero-order chi connectivity index (χ0) is 12.4. The molecular formula is C12H14F2N2O. The van der Waals surface area contributed by atoms with E-state index in [4.69, 9.17) is 0 Å². The lowest BCUT2D eigenvalue weighted by atomic mass is 10.2. The number of hydrogen-bond acceptors (Lipinski definition) is 2. The van der Waals surface area contributed by atoms with Gasteiger partial charge in [0, 0.05) is 44.9 Å². The Morgan fingerprint density at radius 2 is 1.59 bits per heavy atom. The highest BCUT2D eigenvalue weighted by molar-refractivity contribution is 5.73. The van der Waals surface area contributed by atoms with Crippen LogP contribution in [-0.2, 0) is 4.79 Å². The summed E-state index contributed by atoms with van der Waals surface area (Å²) >= 11 is 0. The van der Waals surface area contributed by atoms with Crippen molar-refractivity contribution in [3.63, 3.8) is 0 Å². The first-order chi connectivity index (χ1) is 8.06. The van der Waals surface area contributed by atoms with E-state index in [-0.39, 0.29) is 5.91 Å². The summed E-state index contributed by atoms with van der Waals surface area (Å²) in [5.41, 5.74) is 0.533. The third-order valence-corrected chi connectivity index (χ3v) is 2.94. The van der Waals surface area contributed by atoms with E-state index in [2.05, 4.69) is 0 Å². The van der Waals surface area contributed by atoms with E-state index in [0.717, 1.165) is 6.07 Å². The van der Waals surface area contributed by atoms with E-state index in [9.17, 15) is 13.6 Å². The Morgan fingerprint density at radius 1 is 1.06 bits per heavy atom. The summed E-state index contributed by atoms with van der Waals surface area (Å²) in [5, 5.41) is 0. The van der Waals surface area contributed by atoms with Gasteiger partial charge in [0.25, 0.3) is 0 Å². The fourth-order valence-electron chi connectivity index (χ4n) is 2.00. The van der Waals surface area contributed by atoms with E-state index < -0.39 is 11.6 Å². The predicted molar refractivity (Wildman–Crippen MR) is 60.8 cm³/mol. The highest BCUT2D eigenvalue weighted by atomic mass is 19.1. The lowest BCUT2D eigenvalue weighted by Gasteiger charge is -2.35. The maximum Gasteiger partial charge on any atom is 0.219 e. The molecule has 1 saturated heterocycles. The van der Waals surface area contributed by atoms with E-state index >= 15 is 0 Å². The minimum atomic E-state index is -0.575. The monoisotopic (exact) mass is 240 g/mol. The molecule has 0 spiro atoms. The average Bonchev–Trinajstić information content (AvgIpc) is 2.28. The third kappa shape index (κ3) is 2.72. The van der Waals surface area contributed by atoms with Crippen LogP contribution in [0.15, 0.2) is 18.2 Å². The van der Waals surface area contributed by atoms with Crippen molar-refractivity contribution in [1.82, 2.24) is 4.90 Å². The van der Waals surface area contributed by atoms with Crippen molar-refractivity contribution in [2.75, 3.05) is 31.1 Å². The summed E-state index contributed by atoms with van der Waals surface area (Å²) in [6, 6.07) is 3.48. The van der Waals surface area contributed by atoms with Crippen molar-refractivity contribution in [2.45, 2.75) is 6.92 Å². The van der Waals surface area contributed by atoms with Crippen molar-refractivity contribution >= 4 is 11.6 Å². The van der Waals surface area contributed by atoms with Gasteiger partial charge in [-0.2, -0.15) is 0 Å². The van der Waals surface area contributed by atoms with Crippen LogP contribution in [0.25, 0.3) is 0 Å². The van der Waals surface area contributed by atoms with Crippen molar-refractivity contribution in [3.05, 3.63) is 29.8 Å². The van der Waals surface area contributed by atoms with Gasteiger partial charge in [-0.05, 0) is 12.1 Å². The fraction of sp³-hybridized carbons (Fsp3) is 0.417. The number of carbonyl (C=O) groups is 1.